The van der Waals surface area contributed by atoms with Gasteiger partial charge in [-0.1, -0.05) is 24.8 Å². The standard InChI is InChI=1S/C16H17NO2/c1-3-8-19-17-10-15(11(2)18)14-7-6-13(9-16(14)17)12-4-5-12/h3,6-7,9-10,12H,1,4-5,8H2,2H3. The average molecular weight is 255 g/mol. The summed E-state index contributed by atoms with van der Waals surface area (Å²) in [6.45, 7) is 5.66. The Morgan fingerprint density at radius 3 is 2.95 bits per heavy atom. The first-order valence-electron chi connectivity index (χ1n) is 6.61. The summed E-state index contributed by atoms with van der Waals surface area (Å²) in [5.41, 5.74) is 3.02. The van der Waals surface area contributed by atoms with Gasteiger partial charge in [0.15, 0.2) is 5.78 Å². The lowest BCUT2D eigenvalue weighted by atomic mass is 10.1. The van der Waals surface area contributed by atoms with Crippen LogP contribution in [0.25, 0.3) is 10.9 Å². The maximum atomic E-state index is 11.7. The number of ketones is 1. The highest BCUT2D eigenvalue weighted by molar-refractivity contribution is 6.07. The van der Waals surface area contributed by atoms with E-state index < -0.39 is 0 Å². The maximum Gasteiger partial charge on any atom is 0.162 e. The summed E-state index contributed by atoms with van der Waals surface area (Å²) in [6, 6.07) is 6.31. The SMILES string of the molecule is C=CCOn1cc(C(C)=O)c2ccc(C3CC3)cc21. The van der Waals surface area contributed by atoms with Gasteiger partial charge in [0.25, 0.3) is 0 Å². The van der Waals surface area contributed by atoms with Crippen LogP contribution in [0.2, 0.25) is 0 Å². The highest BCUT2D eigenvalue weighted by Crippen LogP contribution is 2.41. The number of aromatic nitrogens is 1. The number of hydrogen-bond acceptors (Lipinski definition) is 2. The molecule has 1 aromatic carbocycles. The largest absolute Gasteiger partial charge is 0.410 e. The number of fused-ring (bicyclic) bond motifs is 1. The molecular formula is C16H17NO2. The van der Waals surface area contributed by atoms with Crippen LogP contribution in [0.15, 0.2) is 37.1 Å². The van der Waals surface area contributed by atoms with E-state index in [0.717, 1.165) is 10.9 Å². The van der Waals surface area contributed by atoms with Crippen molar-refractivity contribution in [3.8, 4) is 0 Å². The Bertz CT molecular complexity index is 650. The third kappa shape index (κ3) is 2.16. The van der Waals surface area contributed by atoms with Gasteiger partial charge in [0.05, 0.1) is 11.7 Å². The van der Waals surface area contributed by atoms with E-state index >= 15 is 0 Å². The fourth-order valence-corrected chi connectivity index (χ4v) is 2.41. The third-order valence-corrected chi connectivity index (χ3v) is 3.56. The van der Waals surface area contributed by atoms with Crippen molar-refractivity contribution >= 4 is 16.7 Å². The second-order valence-electron chi connectivity index (χ2n) is 5.06. The number of hydrogen-bond donors (Lipinski definition) is 0. The lowest BCUT2D eigenvalue weighted by Gasteiger charge is -2.06. The van der Waals surface area contributed by atoms with Crippen LogP contribution in [0.1, 0.15) is 41.6 Å². The summed E-state index contributed by atoms with van der Waals surface area (Å²) in [5.74, 6) is 0.748. The Labute approximate surface area is 112 Å². The van der Waals surface area contributed by atoms with Gasteiger partial charge in [-0.15, -0.1) is 0 Å². The van der Waals surface area contributed by atoms with E-state index in [1.165, 1.54) is 18.4 Å². The molecule has 0 radical (unpaired) electrons. The van der Waals surface area contributed by atoms with Crippen LogP contribution in [0.5, 0.6) is 0 Å². The van der Waals surface area contributed by atoms with Gasteiger partial charge in [0.2, 0.25) is 0 Å². The zero-order valence-corrected chi connectivity index (χ0v) is 11.1. The smallest absolute Gasteiger partial charge is 0.162 e. The second kappa shape index (κ2) is 4.57. The zero-order chi connectivity index (χ0) is 13.4. The number of Topliss-reactive ketones (excluding diaryl/α,β-unsaturated/α-hetero) is 1. The summed E-state index contributed by atoms with van der Waals surface area (Å²) < 4.78 is 1.69. The Hall–Kier alpha value is -2.03. The normalized spacial score (nSPS) is 14.6. The zero-order valence-electron chi connectivity index (χ0n) is 11.1. The lowest BCUT2D eigenvalue weighted by molar-refractivity contribution is 0.101. The van der Waals surface area contributed by atoms with E-state index in [0.29, 0.717) is 18.1 Å². The fourth-order valence-electron chi connectivity index (χ4n) is 2.41. The molecule has 3 nitrogen and oxygen atoms in total. The Morgan fingerprint density at radius 2 is 2.32 bits per heavy atom. The van der Waals surface area contributed by atoms with Crippen LogP contribution in [0.3, 0.4) is 0 Å². The van der Waals surface area contributed by atoms with Crippen molar-refractivity contribution in [3.63, 3.8) is 0 Å². The van der Waals surface area contributed by atoms with Crippen LogP contribution in [0, 0.1) is 0 Å². The van der Waals surface area contributed by atoms with Crippen molar-refractivity contribution in [1.82, 2.24) is 4.73 Å². The molecule has 0 bridgehead atoms. The van der Waals surface area contributed by atoms with Gasteiger partial charge in [0.1, 0.15) is 6.61 Å². The van der Waals surface area contributed by atoms with E-state index in [1.54, 1.807) is 23.9 Å². The number of carbonyl (C=O) groups is 1. The molecule has 3 heteroatoms. The molecule has 1 heterocycles. The molecule has 0 amide bonds. The molecular weight excluding hydrogens is 238 g/mol. The molecule has 3 rings (SSSR count). The first kappa shape index (κ1) is 12.0. The monoisotopic (exact) mass is 255 g/mol. The van der Waals surface area contributed by atoms with E-state index in [9.17, 15) is 4.79 Å². The minimum Gasteiger partial charge on any atom is -0.410 e. The summed E-state index contributed by atoms with van der Waals surface area (Å²) >= 11 is 0. The highest BCUT2D eigenvalue weighted by atomic mass is 16.7. The van der Waals surface area contributed by atoms with Crippen molar-refractivity contribution in [2.24, 2.45) is 0 Å². The van der Waals surface area contributed by atoms with E-state index in [1.807, 2.05) is 6.07 Å². The molecule has 0 saturated heterocycles. The molecule has 1 fully saturated rings. The molecule has 0 spiro atoms. The van der Waals surface area contributed by atoms with E-state index in [4.69, 9.17) is 4.84 Å². The van der Waals surface area contributed by atoms with E-state index in [-0.39, 0.29) is 5.78 Å². The molecule has 2 aromatic rings. The first-order chi connectivity index (χ1) is 9.20. The maximum absolute atomic E-state index is 11.7. The molecule has 19 heavy (non-hydrogen) atoms. The van der Waals surface area contributed by atoms with Gasteiger partial charge in [0, 0.05) is 10.9 Å². The molecule has 1 aliphatic rings. The predicted octanol–water partition coefficient (Wildman–Crippen LogP) is 3.34. The highest BCUT2D eigenvalue weighted by Gasteiger charge is 2.24. The van der Waals surface area contributed by atoms with Crippen molar-refractivity contribution < 1.29 is 9.63 Å². The van der Waals surface area contributed by atoms with Crippen LogP contribution in [-0.2, 0) is 0 Å². The second-order valence-corrected chi connectivity index (χ2v) is 5.06. The summed E-state index contributed by atoms with van der Waals surface area (Å²) in [7, 11) is 0. The number of benzene rings is 1. The summed E-state index contributed by atoms with van der Waals surface area (Å²) in [5, 5.41) is 0.959. The van der Waals surface area contributed by atoms with Gasteiger partial charge in [-0.3, -0.25) is 4.79 Å². The van der Waals surface area contributed by atoms with Crippen molar-refractivity contribution in [1.29, 1.82) is 0 Å². The first-order valence-corrected chi connectivity index (χ1v) is 6.61. The quantitative estimate of drug-likeness (QED) is 0.606. The topological polar surface area (TPSA) is 31.2 Å². The predicted molar refractivity (Wildman–Crippen MR) is 75.6 cm³/mol. The number of carbonyl (C=O) groups excluding carboxylic acids is 1. The Kier molecular flexibility index (Phi) is 2.90. The van der Waals surface area contributed by atoms with Gasteiger partial charge >= 0.3 is 0 Å². The van der Waals surface area contributed by atoms with Gasteiger partial charge in [-0.2, -0.15) is 4.73 Å². The molecule has 98 valence electrons. The molecule has 0 unspecified atom stereocenters. The minimum absolute atomic E-state index is 0.0603. The van der Waals surface area contributed by atoms with Crippen molar-refractivity contribution in [2.45, 2.75) is 25.7 Å². The van der Waals surface area contributed by atoms with Gasteiger partial charge in [-0.25, -0.2) is 0 Å². The van der Waals surface area contributed by atoms with Crippen molar-refractivity contribution in [3.05, 3.63) is 48.2 Å². The van der Waals surface area contributed by atoms with Crippen LogP contribution in [0.4, 0.5) is 0 Å². The average Bonchev–Trinajstić information content (AvgIpc) is 3.18. The molecule has 0 N–H and O–H groups in total. The van der Waals surface area contributed by atoms with E-state index in [2.05, 4.69) is 18.7 Å². The van der Waals surface area contributed by atoms with Gasteiger partial charge in [-0.05, 0) is 37.3 Å². The van der Waals surface area contributed by atoms with Gasteiger partial charge < -0.3 is 4.84 Å². The minimum atomic E-state index is 0.0603. The Morgan fingerprint density at radius 1 is 1.53 bits per heavy atom. The number of nitrogens with zero attached hydrogens (tertiary/aromatic N) is 1. The summed E-state index contributed by atoms with van der Waals surface area (Å²) in [6.07, 6.45) is 6.00. The van der Waals surface area contributed by atoms with Crippen molar-refractivity contribution in [2.75, 3.05) is 6.61 Å². The molecule has 0 aliphatic heterocycles. The molecule has 1 saturated carbocycles. The Balaban J connectivity index is 2.12. The fraction of sp³-hybridized carbons (Fsp3) is 0.312. The van der Waals surface area contributed by atoms with Crippen LogP contribution < -0.4 is 4.84 Å². The number of rotatable bonds is 5. The lowest BCUT2D eigenvalue weighted by Crippen LogP contribution is -2.09. The molecule has 1 aromatic heterocycles. The van der Waals surface area contributed by atoms with Crippen LogP contribution >= 0.6 is 0 Å². The van der Waals surface area contributed by atoms with Crippen LogP contribution in [-0.4, -0.2) is 17.1 Å². The molecule has 0 atom stereocenters. The third-order valence-electron chi connectivity index (χ3n) is 3.56. The molecule has 1 aliphatic carbocycles. The summed E-state index contributed by atoms with van der Waals surface area (Å²) in [4.78, 5) is 17.3.